The molecule has 0 spiro atoms. The lowest BCUT2D eigenvalue weighted by Crippen LogP contribution is -2.15. The van der Waals surface area contributed by atoms with Gasteiger partial charge in [-0.3, -0.25) is 9.36 Å². The molecule has 3 aromatic carbocycles. The number of aryl methyl sites for hydroxylation is 1. The van der Waals surface area contributed by atoms with E-state index in [2.05, 4.69) is 15.5 Å². The van der Waals surface area contributed by atoms with Gasteiger partial charge < -0.3 is 10.1 Å². The lowest BCUT2D eigenvalue weighted by atomic mass is 10.1. The molecule has 9 heteroatoms. The van der Waals surface area contributed by atoms with Gasteiger partial charge in [-0.1, -0.05) is 35.5 Å². The molecule has 1 heterocycles. The maximum Gasteiger partial charge on any atom is 0.234 e. The summed E-state index contributed by atoms with van der Waals surface area (Å²) in [6, 6.07) is 18.3. The fourth-order valence-corrected chi connectivity index (χ4v) is 3.96. The number of nitrogens with one attached hydrogen (secondary N) is 1. The van der Waals surface area contributed by atoms with Gasteiger partial charge in [0.1, 0.15) is 17.4 Å². The number of aromatic nitrogens is 3. The molecule has 0 bridgehead atoms. The number of ether oxygens (including phenoxy) is 1. The minimum absolute atomic E-state index is 0.0427. The highest BCUT2D eigenvalue weighted by atomic mass is 32.2. The summed E-state index contributed by atoms with van der Waals surface area (Å²) < 4.78 is 34.0. The number of benzene rings is 3. The van der Waals surface area contributed by atoms with E-state index in [1.165, 1.54) is 6.07 Å². The fraction of sp³-hybridized carbons (Fsp3) is 0.125. The lowest BCUT2D eigenvalue weighted by molar-refractivity contribution is -0.113. The number of hydrogen-bond acceptors (Lipinski definition) is 5. The third-order valence-corrected chi connectivity index (χ3v) is 5.71. The van der Waals surface area contributed by atoms with E-state index < -0.39 is 17.5 Å². The molecule has 4 rings (SSSR count). The van der Waals surface area contributed by atoms with Crippen molar-refractivity contribution >= 4 is 23.4 Å². The minimum Gasteiger partial charge on any atom is -0.497 e. The molecule has 0 radical (unpaired) electrons. The van der Waals surface area contributed by atoms with Gasteiger partial charge in [0.2, 0.25) is 5.91 Å². The fourth-order valence-electron chi connectivity index (χ4n) is 3.21. The average Bonchev–Trinajstić information content (AvgIpc) is 3.23. The van der Waals surface area contributed by atoms with Gasteiger partial charge in [-0.2, -0.15) is 0 Å². The zero-order valence-electron chi connectivity index (χ0n) is 17.9. The van der Waals surface area contributed by atoms with Crippen LogP contribution in [0.1, 0.15) is 5.56 Å². The van der Waals surface area contributed by atoms with E-state index in [9.17, 15) is 13.6 Å². The summed E-state index contributed by atoms with van der Waals surface area (Å²) in [6.45, 7) is 1.99. The molecule has 0 atom stereocenters. The highest BCUT2D eigenvalue weighted by Crippen LogP contribution is 2.29. The molecule has 0 saturated heterocycles. The van der Waals surface area contributed by atoms with Crippen LogP contribution in [0.15, 0.2) is 71.9 Å². The van der Waals surface area contributed by atoms with Gasteiger partial charge in [0, 0.05) is 17.3 Å². The number of carbonyl (C=O) groups excluding carboxylic acids is 1. The Morgan fingerprint density at radius 1 is 1.06 bits per heavy atom. The van der Waals surface area contributed by atoms with E-state index in [0.717, 1.165) is 40.7 Å². The van der Waals surface area contributed by atoms with E-state index in [4.69, 9.17) is 4.74 Å². The Kier molecular flexibility index (Phi) is 6.69. The van der Waals surface area contributed by atoms with Gasteiger partial charge in [0.25, 0.3) is 0 Å². The normalized spacial score (nSPS) is 10.8. The van der Waals surface area contributed by atoms with Gasteiger partial charge in [-0.05, 0) is 49.4 Å². The number of hydrogen-bond donors (Lipinski definition) is 1. The van der Waals surface area contributed by atoms with Crippen LogP contribution in [0.5, 0.6) is 5.75 Å². The van der Waals surface area contributed by atoms with Crippen molar-refractivity contribution in [2.24, 2.45) is 0 Å². The first-order valence-electron chi connectivity index (χ1n) is 9.99. The van der Waals surface area contributed by atoms with Gasteiger partial charge in [0.05, 0.1) is 18.6 Å². The molecular formula is C24H20F2N4O2S. The molecule has 1 N–H and O–H groups in total. The van der Waals surface area contributed by atoms with E-state index in [1.807, 2.05) is 60.0 Å². The molecule has 6 nitrogen and oxygen atoms in total. The predicted octanol–water partition coefficient (Wildman–Crippen LogP) is 5.26. The zero-order chi connectivity index (χ0) is 23.4. The number of carbonyl (C=O) groups is 1. The average molecular weight is 467 g/mol. The van der Waals surface area contributed by atoms with E-state index in [-0.39, 0.29) is 11.4 Å². The molecular weight excluding hydrogens is 446 g/mol. The van der Waals surface area contributed by atoms with Gasteiger partial charge in [-0.15, -0.1) is 10.2 Å². The van der Waals surface area contributed by atoms with E-state index in [0.29, 0.717) is 16.7 Å². The van der Waals surface area contributed by atoms with Crippen molar-refractivity contribution in [2.75, 3.05) is 18.2 Å². The summed E-state index contributed by atoms with van der Waals surface area (Å²) in [5, 5.41) is 11.6. The summed E-state index contributed by atoms with van der Waals surface area (Å²) >= 11 is 1.16. The SMILES string of the molecule is COc1ccc(-n2c(SCC(=O)Nc3ccc(F)cc3F)nnc2-c2cccc(C)c2)cc1. The molecule has 0 aliphatic heterocycles. The second kappa shape index (κ2) is 9.83. The highest BCUT2D eigenvalue weighted by Gasteiger charge is 2.18. The molecule has 0 saturated carbocycles. The third-order valence-electron chi connectivity index (χ3n) is 4.78. The number of thioether (sulfide) groups is 1. The summed E-state index contributed by atoms with van der Waals surface area (Å²) in [5.74, 6) is -0.714. The van der Waals surface area contributed by atoms with Crippen LogP contribution in [0.3, 0.4) is 0 Å². The van der Waals surface area contributed by atoms with Gasteiger partial charge in [-0.25, -0.2) is 8.78 Å². The van der Waals surface area contributed by atoms with Crippen molar-refractivity contribution in [1.82, 2.24) is 14.8 Å². The Labute approximate surface area is 193 Å². The Hall–Kier alpha value is -3.72. The first-order chi connectivity index (χ1) is 15.9. The van der Waals surface area contributed by atoms with Crippen LogP contribution >= 0.6 is 11.8 Å². The quantitative estimate of drug-likeness (QED) is 0.376. The summed E-state index contributed by atoms with van der Waals surface area (Å²) in [5.41, 5.74) is 2.67. The number of amides is 1. The lowest BCUT2D eigenvalue weighted by Gasteiger charge is -2.12. The second-order valence-corrected chi connectivity index (χ2v) is 8.11. The summed E-state index contributed by atoms with van der Waals surface area (Å²) in [4.78, 5) is 12.4. The van der Waals surface area contributed by atoms with E-state index >= 15 is 0 Å². The Bertz CT molecular complexity index is 1290. The van der Waals surface area contributed by atoms with Crippen molar-refractivity contribution in [3.63, 3.8) is 0 Å². The highest BCUT2D eigenvalue weighted by molar-refractivity contribution is 7.99. The topological polar surface area (TPSA) is 69.0 Å². The molecule has 0 aliphatic rings. The molecule has 1 amide bonds. The number of anilines is 1. The zero-order valence-corrected chi connectivity index (χ0v) is 18.7. The van der Waals surface area contributed by atoms with Gasteiger partial charge in [0.15, 0.2) is 11.0 Å². The molecule has 0 unspecified atom stereocenters. The van der Waals surface area contributed by atoms with Crippen LogP contribution in [0, 0.1) is 18.6 Å². The van der Waals surface area contributed by atoms with Crippen molar-refractivity contribution in [3.8, 4) is 22.8 Å². The van der Waals surface area contributed by atoms with Crippen molar-refractivity contribution < 1.29 is 18.3 Å². The largest absolute Gasteiger partial charge is 0.497 e. The molecule has 0 fully saturated rings. The van der Waals surface area contributed by atoms with Crippen LogP contribution in [-0.4, -0.2) is 33.5 Å². The first-order valence-corrected chi connectivity index (χ1v) is 11.0. The predicted molar refractivity (Wildman–Crippen MR) is 124 cm³/mol. The molecule has 0 aliphatic carbocycles. The van der Waals surface area contributed by atoms with Crippen molar-refractivity contribution in [1.29, 1.82) is 0 Å². The number of nitrogens with zero attached hydrogens (tertiary/aromatic N) is 3. The summed E-state index contributed by atoms with van der Waals surface area (Å²) in [6.07, 6.45) is 0. The molecule has 1 aromatic heterocycles. The van der Waals surface area contributed by atoms with Crippen LogP contribution in [-0.2, 0) is 4.79 Å². The maximum absolute atomic E-state index is 13.8. The summed E-state index contributed by atoms with van der Waals surface area (Å²) in [7, 11) is 1.59. The smallest absolute Gasteiger partial charge is 0.234 e. The minimum atomic E-state index is -0.837. The Balaban J connectivity index is 1.61. The van der Waals surface area contributed by atoms with Crippen LogP contribution < -0.4 is 10.1 Å². The van der Waals surface area contributed by atoms with Crippen molar-refractivity contribution in [3.05, 3.63) is 83.9 Å². The Morgan fingerprint density at radius 3 is 2.55 bits per heavy atom. The van der Waals surface area contributed by atoms with Crippen LogP contribution in [0.4, 0.5) is 14.5 Å². The molecule has 4 aromatic rings. The van der Waals surface area contributed by atoms with Crippen molar-refractivity contribution in [2.45, 2.75) is 12.1 Å². The van der Waals surface area contributed by atoms with Gasteiger partial charge >= 0.3 is 0 Å². The number of rotatable bonds is 7. The third kappa shape index (κ3) is 5.20. The second-order valence-electron chi connectivity index (χ2n) is 7.17. The Morgan fingerprint density at radius 2 is 1.85 bits per heavy atom. The maximum atomic E-state index is 13.8. The molecule has 168 valence electrons. The van der Waals surface area contributed by atoms with Crippen LogP contribution in [0.25, 0.3) is 17.1 Å². The number of methoxy groups -OCH3 is 1. The standard InChI is InChI=1S/C24H20F2N4O2S/c1-15-4-3-5-16(12-15)23-28-29-24(30(23)18-7-9-19(32-2)10-8-18)33-14-22(31)27-21-11-6-17(25)13-20(21)26/h3-13H,14H2,1-2H3,(H,27,31). The molecule has 33 heavy (non-hydrogen) atoms. The van der Waals surface area contributed by atoms with Crippen LogP contribution in [0.2, 0.25) is 0 Å². The van der Waals surface area contributed by atoms with E-state index in [1.54, 1.807) is 7.11 Å². The number of halogens is 2. The first kappa shape index (κ1) is 22.5. The monoisotopic (exact) mass is 466 g/mol.